The summed E-state index contributed by atoms with van der Waals surface area (Å²) in [5, 5.41) is 7.12. The second kappa shape index (κ2) is 8.90. The number of anilines is 1. The van der Waals surface area contributed by atoms with Crippen LogP contribution in [0.4, 0.5) is 5.69 Å². The molecule has 5 heteroatoms. The van der Waals surface area contributed by atoms with Crippen molar-refractivity contribution in [1.82, 2.24) is 5.32 Å². The maximum atomic E-state index is 5.99. The van der Waals surface area contributed by atoms with E-state index in [9.17, 15) is 0 Å². The van der Waals surface area contributed by atoms with E-state index in [0.717, 1.165) is 35.6 Å². The van der Waals surface area contributed by atoms with Gasteiger partial charge in [-0.05, 0) is 86.8 Å². The Bertz CT molecular complexity index is 710. The number of hydrogen-bond donors (Lipinski definition) is 2. The Kier molecular flexibility index (Phi) is 6.34. The first-order valence-corrected chi connectivity index (χ1v) is 9.53. The van der Waals surface area contributed by atoms with Gasteiger partial charge in [0.1, 0.15) is 11.5 Å². The van der Waals surface area contributed by atoms with Gasteiger partial charge >= 0.3 is 0 Å². The van der Waals surface area contributed by atoms with Gasteiger partial charge in [0.2, 0.25) is 0 Å². The molecule has 2 aromatic rings. The Morgan fingerprint density at radius 3 is 2.23 bits per heavy atom. The van der Waals surface area contributed by atoms with Gasteiger partial charge in [-0.25, -0.2) is 0 Å². The number of ether oxygens (including phenoxy) is 2. The third-order valence-corrected chi connectivity index (χ3v) is 4.90. The molecule has 2 N–H and O–H groups in total. The highest BCUT2D eigenvalue weighted by molar-refractivity contribution is 7.80. The van der Waals surface area contributed by atoms with Crippen LogP contribution in [-0.2, 0) is 0 Å². The average molecular weight is 371 g/mol. The predicted octanol–water partition coefficient (Wildman–Crippen LogP) is 5.06. The molecule has 0 unspecified atom stereocenters. The minimum atomic E-state index is 0.103. The number of nitrogens with one attached hydrogen (secondary N) is 2. The highest BCUT2D eigenvalue weighted by Crippen LogP contribution is 2.25. The van der Waals surface area contributed by atoms with Gasteiger partial charge in [0, 0.05) is 5.69 Å². The standard InChI is InChI=1S/C21H26N2O2S/c1-15(16-7-11-18(24-2)12-8-16)22-21(26)23-17-9-13-20(14-10-17)25-19-5-3-4-6-19/h7-15,19H,3-6H2,1-2H3,(H2,22,23,26)/t15-/m1/s1. The summed E-state index contributed by atoms with van der Waals surface area (Å²) in [6, 6.07) is 16.1. The minimum absolute atomic E-state index is 0.103. The largest absolute Gasteiger partial charge is 0.497 e. The molecule has 1 fully saturated rings. The van der Waals surface area contributed by atoms with Crippen LogP contribution in [-0.4, -0.2) is 18.3 Å². The molecule has 1 aliphatic rings. The summed E-state index contributed by atoms with van der Waals surface area (Å²) in [5.74, 6) is 1.77. The van der Waals surface area contributed by atoms with Crippen molar-refractivity contribution in [2.45, 2.75) is 44.8 Å². The fraction of sp³-hybridized carbons (Fsp3) is 0.381. The second-order valence-electron chi connectivity index (χ2n) is 6.64. The molecule has 2 aromatic carbocycles. The summed E-state index contributed by atoms with van der Waals surface area (Å²) in [6.45, 7) is 2.08. The Balaban J connectivity index is 1.50. The van der Waals surface area contributed by atoms with E-state index in [2.05, 4.69) is 17.6 Å². The summed E-state index contributed by atoms with van der Waals surface area (Å²) in [7, 11) is 1.67. The van der Waals surface area contributed by atoms with Crippen molar-refractivity contribution in [3.05, 3.63) is 54.1 Å². The van der Waals surface area contributed by atoms with Gasteiger partial charge in [0.15, 0.2) is 5.11 Å². The topological polar surface area (TPSA) is 42.5 Å². The lowest BCUT2D eigenvalue weighted by molar-refractivity contribution is 0.210. The van der Waals surface area contributed by atoms with Crippen LogP contribution < -0.4 is 20.1 Å². The molecule has 1 aliphatic carbocycles. The Hall–Kier alpha value is -2.27. The summed E-state index contributed by atoms with van der Waals surface area (Å²) < 4.78 is 11.2. The van der Waals surface area contributed by atoms with Crippen molar-refractivity contribution < 1.29 is 9.47 Å². The Morgan fingerprint density at radius 2 is 1.62 bits per heavy atom. The third kappa shape index (κ3) is 5.11. The van der Waals surface area contributed by atoms with Crippen LogP contribution in [0.1, 0.15) is 44.2 Å². The molecular formula is C21H26N2O2S. The molecular weight excluding hydrogens is 344 g/mol. The Labute approximate surface area is 160 Å². The summed E-state index contributed by atoms with van der Waals surface area (Å²) in [6.07, 6.45) is 5.25. The van der Waals surface area contributed by atoms with Gasteiger partial charge in [0.05, 0.1) is 19.3 Å². The molecule has 0 aliphatic heterocycles. The molecule has 26 heavy (non-hydrogen) atoms. The fourth-order valence-electron chi connectivity index (χ4n) is 3.16. The van der Waals surface area contributed by atoms with Crippen molar-refractivity contribution in [2.75, 3.05) is 12.4 Å². The van der Waals surface area contributed by atoms with Crippen LogP contribution in [0.3, 0.4) is 0 Å². The van der Waals surface area contributed by atoms with Crippen LogP contribution in [0.25, 0.3) is 0 Å². The van der Waals surface area contributed by atoms with E-state index in [1.165, 1.54) is 12.8 Å². The molecule has 0 saturated heterocycles. The molecule has 1 atom stereocenters. The van der Waals surface area contributed by atoms with E-state index >= 15 is 0 Å². The molecule has 4 nitrogen and oxygen atoms in total. The highest BCUT2D eigenvalue weighted by atomic mass is 32.1. The SMILES string of the molecule is COc1ccc([C@@H](C)NC(=S)Nc2ccc(OC3CCCC3)cc2)cc1. The molecule has 0 aromatic heterocycles. The molecule has 0 spiro atoms. The fourth-order valence-corrected chi connectivity index (χ4v) is 3.45. The Morgan fingerprint density at radius 1 is 1.00 bits per heavy atom. The predicted molar refractivity (Wildman–Crippen MR) is 110 cm³/mol. The lowest BCUT2D eigenvalue weighted by Crippen LogP contribution is -2.30. The van der Waals surface area contributed by atoms with E-state index in [-0.39, 0.29) is 6.04 Å². The van der Waals surface area contributed by atoms with Crippen molar-refractivity contribution >= 4 is 23.0 Å². The van der Waals surface area contributed by atoms with Gasteiger partial charge in [-0.3, -0.25) is 0 Å². The average Bonchev–Trinajstić information content (AvgIpc) is 3.16. The van der Waals surface area contributed by atoms with Crippen molar-refractivity contribution in [3.8, 4) is 11.5 Å². The monoisotopic (exact) mass is 370 g/mol. The van der Waals surface area contributed by atoms with Crippen molar-refractivity contribution in [1.29, 1.82) is 0 Å². The van der Waals surface area contributed by atoms with E-state index in [1.54, 1.807) is 7.11 Å². The third-order valence-electron chi connectivity index (χ3n) is 4.68. The number of benzene rings is 2. The second-order valence-corrected chi connectivity index (χ2v) is 7.05. The van der Waals surface area contributed by atoms with Crippen molar-refractivity contribution in [2.24, 2.45) is 0 Å². The normalized spacial score (nSPS) is 15.3. The zero-order chi connectivity index (χ0) is 18.4. The van der Waals surface area contributed by atoms with Gasteiger partial charge in [0.25, 0.3) is 0 Å². The quantitative estimate of drug-likeness (QED) is 0.696. The van der Waals surface area contributed by atoms with E-state index in [1.807, 2.05) is 48.5 Å². The number of rotatable bonds is 6. The van der Waals surface area contributed by atoms with E-state index in [4.69, 9.17) is 21.7 Å². The zero-order valence-corrected chi connectivity index (χ0v) is 16.1. The first-order chi connectivity index (χ1) is 12.6. The number of thiocarbonyl (C=S) groups is 1. The summed E-state index contributed by atoms with van der Waals surface area (Å²) in [4.78, 5) is 0. The molecule has 0 radical (unpaired) electrons. The van der Waals surface area contributed by atoms with Gasteiger partial charge in [-0.1, -0.05) is 12.1 Å². The van der Waals surface area contributed by atoms with Gasteiger partial charge in [-0.2, -0.15) is 0 Å². The van der Waals surface area contributed by atoms with Crippen LogP contribution in [0.5, 0.6) is 11.5 Å². The van der Waals surface area contributed by atoms with Crippen LogP contribution in [0, 0.1) is 0 Å². The summed E-state index contributed by atoms with van der Waals surface area (Å²) >= 11 is 5.43. The maximum absolute atomic E-state index is 5.99. The van der Waals surface area contributed by atoms with Crippen LogP contribution in [0.2, 0.25) is 0 Å². The highest BCUT2D eigenvalue weighted by Gasteiger charge is 2.16. The number of hydrogen-bond acceptors (Lipinski definition) is 3. The lowest BCUT2D eigenvalue weighted by Gasteiger charge is -2.18. The van der Waals surface area contributed by atoms with Crippen molar-refractivity contribution in [3.63, 3.8) is 0 Å². The lowest BCUT2D eigenvalue weighted by atomic mass is 10.1. The smallest absolute Gasteiger partial charge is 0.171 e. The molecule has 0 bridgehead atoms. The van der Waals surface area contributed by atoms with Crippen LogP contribution >= 0.6 is 12.2 Å². The zero-order valence-electron chi connectivity index (χ0n) is 15.3. The van der Waals surface area contributed by atoms with Gasteiger partial charge < -0.3 is 20.1 Å². The molecule has 0 heterocycles. The van der Waals surface area contributed by atoms with E-state index < -0.39 is 0 Å². The molecule has 138 valence electrons. The maximum Gasteiger partial charge on any atom is 0.171 e. The number of methoxy groups -OCH3 is 1. The van der Waals surface area contributed by atoms with E-state index in [0.29, 0.717) is 11.2 Å². The first kappa shape index (κ1) is 18.5. The first-order valence-electron chi connectivity index (χ1n) is 9.12. The molecule has 3 rings (SSSR count). The minimum Gasteiger partial charge on any atom is -0.497 e. The molecule has 0 amide bonds. The molecule has 1 saturated carbocycles. The summed E-state index contributed by atoms with van der Waals surface area (Å²) in [5.41, 5.74) is 2.10. The van der Waals surface area contributed by atoms with Crippen LogP contribution in [0.15, 0.2) is 48.5 Å². The van der Waals surface area contributed by atoms with Gasteiger partial charge in [-0.15, -0.1) is 0 Å².